The van der Waals surface area contributed by atoms with E-state index in [0.717, 1.165) is 62.3 Å². The minimum Gasteiger partial charge on any atom is -0.348 e. The second-order valence-electron chi connectivity index (χ2n) is 11.3. The molecule has 2 aromatic carbocycles. The average Bonchev–Trinajstić information content (AvgIpc) is 3.01. The van der Waals surface area contributed by atoms with Crippen molar-refractivity contribution in [3.8, 4) is 0 Å². The van der Waals surface area contributed by atoms with E-state index >= 15 is 0 Å². The minimum atomic E-state index is -0.100. The van der Waals surface area contributed by atoms with E-state index in [0.29, 0.717) is 30.8 Å². The summed E-state index contributed by atoms with van der Waals surface area (Å²) in [5.41, 5.74) is 5.44. The molecule has 1 aromatic heterocycles. The Morgan fingerprint density at radius 2 is 1.56 bits per heavy atom. The summed E-state index contributed by atoms with van der Waals surface area (Å²) in [6, 6.07) is 17.8. The SMILES string of the molecule is O=C(NCc1ccccc1CN1CCCCC1)c1ccc2c(c1)CNCCCCCCCN2C(=O)c1cccnc1. The van der Waals surface area contributed by atoms with Crippen molar-refractivity contribution in [1.82, 2.24) is 20.5 Å². The van der Waals surface area contributed by atoms with E-state index in [1.165, 1.54) is 37.7 Å². The van der Waals surface area contributed by atoms with Gasteiger partial charge in [-0.25, -0.2) is 0 Å². The number of hydrogen-bond donors (Lipinski definition) is 2. The van der Waals surface area contributed by atoms with Crippen molar-refractivity contribution in [3.05, 3.63) is 94.8 Å². The van der Waals surface area contributed by atoms with Crippen LogP contribution in [0.2, 0.25) is 0 Å². The van der Waals surface area contributed by atoms with Crippen molar-refractivity contribution in [2.24, 2.45) is 0 Å². The molecule has 1 fully saturated rings. The van der Waals surface area contributed by atoms with Crippen LogP contribution in [0.1, 0.15) is 88.8 Å². The lowest BCUT2D eigenvalue weighted by molar-refractivity contribution is 0.0949. The summed E-state index contributed by atoms with van der Waals surface area (Å²) in [7, 11) is 0. The maximum absolute atomic E-state index is 13.6. The molecule has 2 amide bonds. The Bertz CT molecular complexity index is 1290. The first-order valence-corrected chi connectivity index (χ1v) is 15.3. The van der Waals surface area contributed by atoms with Gasteiger partial charge in [-0.15, -0.1) is 0 Å². The lowest BCUT2D eigenvalue weighted by Crippen LogP contribution is -2.34. The zero-order valence-electron chi connectivity index (χ0n) is 24.1. The number of nitrogens with one attached hydrogen (secondary N) is 2. The number of aromatic nitrogens is 1. The Kier molecular flexibility index (Phi) is 10.5. The molecular formula is C34H43N5O2. The number of carbonyl (C=O) groups is 2. The van der Waals surface area contributed by atoms with Gasteiger partial charge in [-0.2, -0.15) is 0 Å². The molecule has 0 aliphatic carbocycles. The highest BCUT2D eigenvalue weighted by Gasteiger charge is 2.22. The number of fused-ring (bicyclic) bond motifs is 1. The predicted octanol–water partition coefficient (Wildman–Crippen LogP) is 5.70. The molecule has 0 atom stereocenters. The van der Waals surface area contributed by atoms with Gasteiger partial charge in [-0.1, -0.05) is 49.9 Å². The van der Waals surface area contributed by atoms with Crippen molar-refractivity contribution < 1.29 is 9.59 Å². The van der Waals surface area contributed by atoms with Crippen molar-refractivity contribution in [2.45, 2.75) is 71.0 Å². The summed E-state index contributed by atoms with van der Waals surface area (Å²) in [5.74, 6) is -0.157. The molecule has 0 unspecified atom stereocenters. The normalized spacial score (nSPS) is 17.1. The summed E-state index contributed by atoms with van der Waals surface area (Å²) in [6.45, 7) is 5.86. The van der Waals surface area contributed by atoms with E-state index in [1.807, 2.05) is 35.2 Å². The number of amides is 2. The van der Waals surface area contributed by atoms with E-state index < -0.39 is 0 Å². The van der Waals surface area contributed by atoms with Gasteiger partial charge in [0.15, 0.2) is 0 Å². The van der Waals surface area contributed by atoms with Gasteiger partial charge < -0.3 is 15.5 Å². The van der Waals surface area contributed by atoms with Crippen LogP contribution in [0, 0.1) is 0 Å². The van der Waals surface area contributed by atoms with Gasteiger partial charge in [0, 0.05) is 49.8 Å². The first-order chi connectivity index (χ1) is 20.2. The maximum Gasteiger partial charge on any atom is 0.259 e. The molecule has 3 aromatic rings. The van der Waals surface area contributed by atoms with Crippen molar-refractivity contribution in [3.63, 3.8) is 0 Å². The Hall–Kier alpha value is -3.55. The molecule has 0 bridgehead atoms. The number of benzene rings is 2. The van der Waals surface area contributed by atoms with E-state index in [4.69, 9.17) is 0 Å². The van der Waals surface area contributed by atoms with Crippen molar-refractivity contribution >= 4 is 17.5 Å². The first kappa shape index (κ1) is 29.0. The molecule has 41 heavy (non-hydrogen) atoms. The Morgan fingerprint density at radius 3 is 2.39 bits per heavy atom. The summed E-state index contributed by atoms with van der Waals surface area (Å²) >= 11 is 0. The van der Waals surface area contributed by atoms with Crippen LogP contribution < -0.4 is 15.5 Å². The third kappa shape index (κ3) is 8.02. The number of hydrogen-bond acceptors (Lipinski definition) is 5. The van der Waals surface area contributed by atoms with Gasteiger partial charge in [0.25, 0.3) is 11.8 Å². The minimum absolute atomic E-state index is 0.0566. The summed E-state index contributed by atoms with van der Waals surface area (Å²) in [6.07, 6.45) is 12.7. The average molecular weight is 554 g/mol. The number of rotatable bonds is 6. The Morgan fingerprint density at radius 1 is 0.805 bits per heavy atom. The van der Waals surface area contributed by atoms with Crippen LogP contribution in [0.25, 0.3) is 0 Å². The predicted molar refractivity (Wildman–Crippen MR) is 164 cm³/mol. The molecule has 5 rings (SSSR count). The topological polar surface area (TPSA) is 77.6 Å². The molecule has 7 heteroatoms. The quantitative estimate of drug-likeness (QED) is 0.410. The molecule has 3 heterocycles. The monoisotopic (exact) mass is 553 g/mol. The molecule has 0 radical (unpaired) electrons. The smallest absolute Gasteiger partial charge is 0.259 e. The number of likely N-dealkylation sites (tertiary alicyclic amines) is 1. The number of piperidine rings is 1. The van der Waals surface area contributed by atoms with E-state index in [9.17, 15) is 9.59 Å². The third-order valence-electron chi connectivity index (χ3n) is 8.24. The molecular weight excluding hydrogens is 510 g/mol. The second kappa shape index (κ2) is 14.9. The van der Waals surface area contributed by atoms with Crippen LogP contribution in [0.15, 0.2) is 67.0 Å². The van der Waals surface area contributed by atoms with Gasteiger partial charge in [-0.05, 0) is 92.3 Å². The van der Waals surface area contributed by atoms with E-state index in [1.54, 1.807) is 18.5 Å². The van der Waals surface area contributed by atoms with Crippen LogP contribution in [0.3, 0.4) is 0 Å². The molecule has 216 valence electrons. The molecule has 2 aliphatic heterocycles. The fourth-order valence-electron chi connectivity index (χ4n) is 5.90. The second-order valence-corrected chi connectivity index (χ2v) is 11.3. The highest BCUT2D eigenvalue weighted by atomic mass is 16.2. The summed E-state index contributed by atoms with van der Waals surface area (Å²) < 4.78 is 0. The lowest BCUT2D eigenvalue weighted by Gasteiger charge is -2.27. The van der Waals surface area contributed by atoms with Gasteiger partial charge >= 0.3 is 0 Å². The zero-order valence-corrected chi connectivity index (χ0v) is 24.1. The van der Waals surface area contributed by atoms with Crippen LogP contribution in [0.5, 0.6) is 0 Å². The fourth-order valence-corrected chi connectivity index (χ4v) is 5.90. The van der Waals surface area contributed by atoms with Crippen molar-refractivity contribution in [1.29, 1.82) is 0 Å². The highest BCUT2D eigenvalue weighted by Crippen LogP contribution is 2.26. The molecule has 7 nitrogen and oxygen atoms in total. The van der Waals surface area contributed by atoms with Gasteiger partial charge in [-0.3, -0.25) is 19.5 Å². The Labute approximate surface area is 244 Å². The molecule has 0 saturated carbocycles. The standard InChI is InChI=1S/C34H43N5O2/c40-33(37-25-28-12-5-6-13-30(28)26-38-19-8-4-9-20-38)27-15-16-32-31(22-27)24-35-17-7-2-1-3-10-21-39(32)34(41)29-14-11-18-36-23-29/h5-6,11-16,18,22-23,35H,1-4,7-10,17,19-21,24-26H2,(H,37,40). The summed E-state index contributed by atoms with van der Waals surface area (Å²) in [5, 5.41) is 6.70. The van der Waals surface area contributed by atoms with Crippen LogP contribution in [0.4, 0.5) is 5.69 Å². The van der Waals surface area contributed by atoms with E-state index in [2.05, 4.69) is 38.7 Å². The Balaban J connectivity index is 1.34. The molecule has 2 aliphatic rings. The highest BCUT2D eigenvalue weighted by molar-refractivity contribution is 6.06. The van der Waals surface area contributed by atoms with Gasteiger partial charge in [0.2, 0.25) is 0 Å². The largest absolute Gasteiger partial charge is 0.348 e. The maximum atomic E-state index is 13.6. The summed E-state index contributed by atoms with van der Waals surface area (Å²) in [4.78, 5) is 35.6. The zero-order chi connectivity index (χ0) is 28.3. The van der Waals surface area contributed by atoms with Crippen LogP contribution in [-0.4, -0.2) is 47.9 Å². The van der Waals surface area contributed by atoms with E-state index in [-0.39, 0.29) is 11.8 Å². The first-order valence-electron chi connectivity index (χ1n) is 15.3. The fraction of sp³-hybridized carbons (Fsp3) is 0.441. The molecule has 1 saturated heterocycles. The van der Waals surface area contributed by atoms with Crippen LogP contribution >= 0.6 is 0 Å². The number of pyridine rings is 1. The number of anilines is 1. The van der Waals surface area contributed by atoms with Crippen molar-refractivity contribution in [2.75, 3.05) is 31.1 Å². The molecule has 2 N–H and O–H groups in total. The molecule has 0 spiro atoms. The van der Waals surface area contributed by atoms with Gasteiger partial charge in [0.05, 0.1) is 5.56 Å². The van der Waals surface area contributed by atoms with Crippen LogP contribution in [-0.2, 0) is 19.6 Å². The lowest BCUT2D eigenvalue weighted by atomic mass is 10.0. The number of nitrogens with zero attached hydrogens (tertiary/aromatic N) is 3. The van der Waals surface area contributed by atoms with Gasteiger partial charge in [0.1, 0.15) is 0 Å². The third-order valence-corrected chi connectivity index (χ3v) is 8.24. The number of carbonyl (C=O) groups excluding carboxylic acids is 2.